The molecule has 2 aromatic carbocycles. The number of aliphatic carboxylic acids is 1. The van der Waals surface area contributed by atoms with E-state index in [1.165, 1.54) is 6.20 Å². The molecule has 0 fully saturated rings. The summed E-state index contributed by atoms with van der Waals surface area (Å²) in [5.41, 5.74) is 1.82. The summed E-state index contributed by atoms with van der Waals surface area (Å²) < 4.78 is 0. The quantitative estimate of drug-likeness (QED) is 0.645. The smallest absolute Gasteiger partial charge is 0.329 e. The van der Waals surface area contributed by atoms with Gasteiger partial charge >= 0.3 is 5.97 Å². The number of carbonyl (C=O) groups is 2. The lowest BCUT2D eigenvalue weighted by Crippen LogP contribution is -2.01. The van der Waals surface area contributed by atoms with E-state index in [-0.39, 0.29) is 5.78 Å². The minimum atomic E-state index is -1.03. The summed E-state index contributed by atoms with van der Waals surface area (Å²) in [6, 6.07) is 15.9. The first-order chi connectivity index (χ1) is 9.66. The Morgan fingerprint density at radius 1 is 0.950 bits per heavy atom. The number of benzene rings is 2. The highest BCUT2D eigenvalue weighted by atomic mass is 16.4. The number of rotatable bonds is 5. The fraction of sp³-hybridized carbons (Fsp3) is 0. The second-order valence-corrected chi connectivity index (χ2v) is 4.09. The van der Waals surface area contributed by atoms with Crippen LogP contribution in [0, 0.1) is 0 Å². The zero-order valence-electron chi connectivity index (χ0n) is 10.6. The van der Waals surface area contributed by atoms with Crippen LogP contribution in [0.4, 0.5) is 5.69 Å². The molecule has 4 heteroatoms. The predicted octanol–water partition coefficient (Wildman–Crippen LogP) is 2.93. The van der Waals surface area contributed by atoms with Gasteiger partial charge in [0.05, 0.1) is 0 Å². The van der Waals surface area contributed by atoms with Crippen molar-refractivity contribution in [1.29, 1.82) is 0 Å². The fourth-order valence-electron chi connectivity index (χ4n) is 1.72. The van der Waals surface area contributed by atoms with E-state index < -0.39 is 5.97 Å². The van der Waals surface area contributed by atoms with Gasteiger partial charge in [0.2, 0.25) is 0 Å². The summed E-state index contributed by atoms with van der Waals surface area (Å²) in [6.45, 7) is 0. The lowest BCUT2D eigenvalue weighted by molar-refractivity contribution is -0.131. The second-order valence-electron chi connectivity index (χ2n) is 4.09. The molecule has 0 heterocycles. The van der Waals surface area contributed by atoms with Crippen LogP contribution in [0.3, 0.4) is 0 Å². The average Bonchev–Trinajstić information content (AvgIpc) is 2.47. The van der Waals surface area contributed by atoms with Gasteiger partial charge in [-0.1, -0.05) is 42.5 Å². The van der Waals surface area contributed by atoms with Crippen molar-refractivity contribution >= 4 is 17.4 Å². The molecule has 0 atom stereocenters. The van der Waals surface area contributed by atoms with Crippen LogP contribution in [0.25, 0.3) is 0 Å². The standard InChI is InChI=1S/C16H13NO3/c18-15(19)9-10-17-14-8-4-7-13(11-14)16(20)12-5-2-1-3-6-12/h1-11,17H,(H,18,19)/b10-9+. The van der Waals surface area contributed by atoms with E-state index >= 15 is 0 Å². The van der Waals surface area contributed by atoms with Gasteiger partial charge < -0.3 is 10.4 Å². The number of ketones is 1. The Bertz CT molecular complexity index is 648. The van der Waals surface area contributed by atoms with Crippen molar-refractivity contribution in [2.45, 2.75) is 0 Å². The highest BCUT2D eigenvalue weighted by molar-refractivity contribution is 6.09. The molecule has 2 N–H and O–H groups in total. The SMILES string of the molecule is O=C(O)/C=C/Nc1cccc(C(=O)c2ccccc2)c1. The van der Waals surface area contributed by atoms with Crippen LogP contribution < -0.4 is 5.32 Å². The molecule has 2 aromatic rings. The Labute approximate surface area is 116 Å². The summed E-state index contributed by atoms with van der Waals surface area (Å²) >= 11 is 0. The van der Waals surface area contributed by atoms with E-state index in [0.29, 0.717) is 16.8 Å². The predicted molar refractivity (Wildman–Crippen MR) is 76.7 cm³/mol. The molecule has 0 saturated heterocycles. The van der Waals surface area contributed by atoms with Crippen molar-refractivity contribution in [3.63, 3.8) is 0 Å². The number of hydrogen-bond acceptors (Lipinski definition) is 3. The minimum Gasteiger partial charge on any atom is -0.478 e. The molecule has 0 aliphatic rings. The second kappa shape index (κ2) is 6.33. The molecule has 0 aliphatic heterocycles. The van der Waals surface area contributed by atoms with Gasteiger partial charge in [-0.05, 0) is 12.1 Å². The van der Waals surface area contributed by atoms with Gasteiger partial charge in [-0.25, -0.2) is 4.79 Å². The Balaban J connectivity index is 2.17. The molecule has 0 aliphatic carbocycles. The van der Waals surface area contributed by atoms with Gasteiger partial charge in [0.1, 0.15) is 0 Å². The molecule has 0 spiro atoms. The molecule has 20 heavy (non-hydrogen) atoms. The van der Waals surface area contributed by atoms with Gasteiger partial charge in [0.25, 0.3) is 0 Å². The van der Waals surface area contributed by atoms with Crippen molar-refractivity contribution in [2.24, 2.45) is 0 Å². The zero-order chi connectivity index (χ0) is 14.4. The third kappa shape index (κ3) is 3.55. The highest BCUT2D eigenvalue weighted by Crippen LogP contribution is 2.14. The van der Waals surface area contributed by atoms with Crippen molar-refractivity contribution in [3.8, 4) is 0 Å². The number of nitrogens with one attached hydrogen (secondary N) is 1. The Morgan fingerprint density at radius 2 is 1.65 bits per heavy atom. The number of carboxylic acids is 1. The summed E-state index contributed by atoms with van der Waals surface area (Å²) in [7, 11) is 0. The number of carbonyl (C=O) groups excluding carboxylic acids is 1. The van der Waals surface area contributed by atoms with Crippen molar-refractivity contribution in [3.05, 3.63) is 78.0 Å². The van der Waals surface area contributed by atoms with Gasteiger partial charge in [-0.3, -0.25) is 4.79 Å². The lowest BCUT2D eigenvalue weighted by Gasteiger charge is -2.04. The Kier molecular flexibility index (Phi) is 4.29. The normalized spacial score (nSPS) is 10.4. The molecule has 0 bridgehead atoms. The maximum absolute atomic E-state index is 12.2. The molecule has 2 rings (SSSR count). The molecule has 0 aromatic heterocycles. The van der Waals surface area contributed by atoms with Gasteiger partial charge in [0.15, 0.2) is 5.78 Å². The molecule has 0 saturated carbocycles. The highest BCUT2D eigenvalue weighted by Gasteiger charge is 2.08. The number of hydrogen-bond donors (Lipinski definition) is 2. The fourth-order valence-corrected chi connectivity index (χ4v) is 1.72. The minimum absolute atomic E-state index is 0.0727. The van der Waals surface area contributed by atoms with E-state index in [1.54, 1.807) is 36.4 Å². The monoisotopic (exact) mass is 267 g/mol. The summed E-state index contributed by atoms with van der Waals surface area (Å²) in [4.78, 5) is 22.6. The van der Waals surface area contributed by atoms with Gasteiger partial charge in [-0.15, -0.1) is 0 Å². The van der Waals surface area contributed by atoms with Crippen LogP contribution in [0.15, 0.2) is 66.9 Å². The van der Waals surface area contributed by atoms with Crippen LogP contribution in [0.1, 0.15) is 15.9 Å². The molecule has 4 nitrogen and oxygen atoms in total. The van der Waals surface area contributed by atoms with E-state index in [9.17, 15) is 9.59 Å². The molecular weight excluding hydrogens is 254 g/mol. The van der Waals surface area contributed by atoms with Crippen molar-refractivity contribution < 1.29 is 14.7 Å². The van der Waals surface area contributed by atoms with E-state index in [4.69, 9.17) is 5.11 Å². The van der Waals surface area contributed by atoms with Crippen LogP contribution in [-0.2, 0) is 4.79 Å². The summed E-state index contributed by atoms with van der Waals surface area (Å²) in [6.07, 6.45) is 2.31. The molecule has 100 valence electrons. The van der Waals surface area contributed by atoms with Crippen LogP contribution in [-0.4, -0.2) is 16.9 Å². The topological polar surface area (TPSA) is 66.4 Å². The third-order valence-corrected chi connectivity index (χ3v) is 2.64. The lowest BCUT2D eigenvalue weighted by atomic mass is 10.0. The third-order valence-electron chi connectivity index (χ3n) is 2.64. The van der Waals surface area contributed by atoms with Crippen LogP contribution in [0.5, 0.6) is 0 Å². The summed E-state index contributed by atoms with van der Waals surface area (Å²) in [5.74, 6) is -1.11. The number of anilines is 1. The molecule has 0 radical (unpaired) electrons. The zero-order valence-corrected chi connectivity index (χ0v) is 10.6. The first kappa shape index (κ1) is 13.5. The maximum Gasteiger partial charge on any atom is 0.329 e. The van der Waals surface area contributed by atoms with Crippen molar-refractivity contribution in [1.82, 2.24) is 0 Å². The van der Waals surface area contributed by atoms with E-state index in [2.05, 4.69) is 5.32 Å². The first-order valence-corrected chi connectivity index (χ1v) is 6.02. The van der Waals surface area contributed by atoms with Gasteiger partial charge in [-0.2, -0.15) is 0 Å². The Morgan fingerprint density at radius 3 is 2.35 bits per heavy atom. The van der Waals surface area contributed by atoms with E-state index in [0.717, 1.165) is 6.08 Å². The largest absolute Gasteiger partial charge is 0.478 e. The van der Waals surface area contributed by atoms with Gasteiger partial charge in [0, 0.05) is 29.1 Å². The maximum atomic E-state index is 12.2. The van der Waals surface area contributed by atoms with Crippen LogP contribution in [0.2, 0.25) is 0 Å². The average molecular weight is 267 g/mol. The first-order valence-electron chi connectivity index (χ1n) is 6.02. The molecule has 0 amide bonds. The van der Waals surface area contributed by atoms with E-state index in [1.807, 2.05) is 18.2 Å². The molecular formula is C16H13NO3. The number of carboxylic acid groups (broad SMARTS) is 1. The van der Waals surface area contributed by atoms with Crippen molar-refractivity contribution in [2.75, 3.05) is 5.32 Å². The van der Waals surface area contributed by atoms with Crippen LogP contribution >= 0.6 is 0 Å². The molecule has 0 unspecified atom stereocenters. The summed E-state index contributed by atoms with van der Waals surface area (Å²) in [5, 5.41) is 11.3. The Hall–Kier alpha value is -2.88.